The smallest absolute Gasteiger partial charge is 0.292 e. The van der Waals surface area contributed by atoms with Crippen molar-refractivity contribution < 1.29 is 9.85 Å². The molecule has 0 aromatic heterocycles. The van der Waals surface area contributed by atoms with Crippen molar-refractivity contribution in [2.24, 2.45) is 0 Å². The fraction of sp³-hybridized carbons (Fsp3) is 0. The molecule has 8 heteroatoms. The molecule has 0 aliphatic heterocycles. The fourth-order valence-electron chi connectivity index (χ4n) is 1.58. The maximum absolute atomic E-state index is 10.9. The Hall–Kier alpha value is -2.61. The number of nitro groups is 2. The zero-order valence-electron chi connectivity index (χ0n) is 10.1. The highest BCUT2D eigenvalue weighted by molar-refractivity contribution is 7.99. The van der Waals surface area contributed by atoms with Crippen molar-refractivity contribution in [2.75, 3.05) is 5.73 Å². The quantitative estimate of drug-likeness (QED) is 0.525. The van der Waals surface area contributed by atoms with Gasteiger partial charge in [0.1, 0.15) is 5.69 Å². The van der Waals surface area contributed by atoms with Crippen LogP contribution in [0.2, 0.25) is 0 Å². The van der Waals surface area contributed by atoms with Crippen LogP contribution < -0.4 is 5.73 Å². The molecule has 0 atom stereocenters. The second-order valence-corrected chi connectivity index (χ2v) is 4.92. The Morgan fingerprint density at radius 3 is 2.20 bits per heavy atom. The maximum Gasteiger partial charge on any atom is 0.292 e. The molecule has 0 saturated heterocycles. The van der Waals surface area contributed by atoms with Gasteiger partial charge in [0.05, 0.1) is 14.7 Å². The summed E-state index contributed by atoms with van der Waals surface area (Å²) in [7, 11) is 0. The highest BCUT2D eigenvalue weighted by Gasteiger charge is 2.16. The molecule has 20 heavy (non-hydrogen) atoms. The van der Waals surface area contributed by atoms with Gasteiger partial charge < -0.3 is 5.73 Å². The summed E-state index contributed by atoms with van der Waals surface area (Å²) in [5.74, 6) is 0. The van der Waals surface area contributed by atoms with Gasteiger partial charge in [0.2, 0.25) is 0 Å². The van der Waals surface area contributed by atoms with E-state index in [4.69, 9.17) is 5.73 Å². The van der Waals surface area contributed by atoms with Crippen LogP contribution in [0.25, 0.3) is 0 Å². The lowest BCUT2D eigenvalue weighted by Crippen LogP contribution is -1.95. The summed E-state index contributed by atoms with van der Waals surface area (Å²) in [5.41, 5.74) is 5.41. The predicted molar refractivity (Wildman–Crippen MR) is 74.7 cm³/mol. The van der Waals surface area contributed by atoms with E-state index in [1.54, 1.807) is 18.2 Å². The minimum absolute atomic E-state index is 0.0191. The predicted octanol–water partition coefficient (Wildman–Crippen LogP) is 3.24. The highest BCUT2D eigenvalue weighted by atomic mass is 32.2. The van der Waals surface area contributed by atoms with Gasteiger partial charge in [0.15, 0.2) is 0 Å². The van der Waals surface area contributed by atoms with Crippen molar-refractivity contribution in [2.45, 2.75) is 9.79 Å². The van der Waals surface area contributed by atoms with Crippen LogP contribution in [0.5, 0.6) is 0 Å². The summed E-state index contributed by atoms with van der Waals surface area (Å²) in [4.78, 5) is 21.6. The summed E-state index contributed by atoms with van der Waals surface area (Å²) in [5, 5.41) is 21.6. The number of para-hydroxylation sites is 1. The molecule has 102 valence electrons. The lowest BCUT2D eigenvalue weighted by Gasteiger charge is -2.04. The summed E-state index contributed by atoms with van der Waals surface area (Å²) in [6.07, 6.45) is 0. The number of nitrogen functional groups attached to an aromatic ring is 1. The van der Waals surface area contributed by atoms with Crippen LogP contribution in [-0.4, -0.2) is 9.85 Å². The van der Waals surface area contributed by atoms with Crippen molar-refractivity contribution in [3.63, 3.8) is 0 Å². The molecule has 0 aliphatic carbocycles. The summed E-state index contributed by atoms with van der Waals surface area (Å²) in [6.45, 7) is 0. The van der Waals surface area contributed by atoms with Gasteiger partial charge in [-0.25, -0.2) is 0 Å². The fourth-order valence-corrected chi connectivity index (χ4v) is 2.55. The molecule has 0 fully saturated rings. The van der Waals surface area contributed by atoms with Gasteiger partial charge in [-0.15, -0.1) is 0 Å². The molecule has 0 radical (unpaired) electrons. The normalized spacial score (nSPS) is 10.2. The molecule has 0 spiro atoms. The molecular weight excluding hydrogens is 282 g/mol. The first-order valence-electron chi connectivity index (χ1n) is 5.44. The first-order chi connectivity index (χ1) is 9.49. The standard InChI is InChI=1S/C12H9N3O4S/c13-9-7-8(5-6-10(9)14(16)17)20-12-4-2-1-3-11(12)15(18)19/h1-7H,13H2. The molecule has 2 rings (SSSR count). The number of hydrogen-bond donors (Lipinski definition) is 1. The first kappa shape index (κ1) is 13.8. The highest BCUT2D eigenvalue weighted by Crippen LogP contribution is 2.36. The third-order valence-electron chi connectivity index (χ3n) is 2.49. The molecule has 0 aliphatic rings. The molecule has 2 aromatic carbocycles. The Morgan fingerprint density at radius 2 is 1.60 bits per heavy atom. The van der Waals surface area contributed by atoms with E-state index in [1.165, 1.54) is 24.3 Å². The number of anilines is 1. The average Bonchev–Trinajstić information content (AvgIpc) is 2.38. The van der Waals surface area contributed by atoms with Gasteiger partial charge in [-0.3, -0.25) is 20.2 Å². The van der Waals surface area contributed by atoms with Crippen molar-refractivity contribution in [1.29, 1.82) is 0 Å². The third-order valence-corrected chi connectivity index (χ3v) is 3.54. The summed E-state index contributed by atoms with van der Waals surface area (Å²) < 4.78 is 0. The maximum atomic E-state index is 10.9. The zero-order chi connectivity index (χ0) is 14.7. The number of benzene rings is 2. The molecule has 0 heterocycles. The van der Waals surface area contributed by atoms with E-state index in [1.807, 2.05) is 0 Å². The van der Waals surface area contributed by atoms with Crippen LogP contribution in [0.1, 0.15) is 0 Å². The molecule has 2 aromatic rings. The van der Waals surface area contributed by atoms with Gasteiger partial charge in [0, 0.05) is 17.0 Å². The van der Waals surface area contributed by atoms with E-state index >= 15 is 0 Å². The van der Waals surface area contributed by atoms with Crippen LogP contribution >= 0.6 is 11.8 Å². The lowest BCUT2D eigenvalue weighted by atomic mass is 10.3. The second-order valence-electron chi connectivity index (χ2n) is 3.80. The van der Waals surface area contributed by atoms with E-state index in [2.05, 4.69) is 0 Å². The Labute approximate surface area is 117 Å². The Bertz CT molecular complexity index is 690. The van der Waals surface area contributed by atoms with E-state index in [9.17, 15) is 20.2 Å². The van der Waals surface area contributed by atoms with E-state index in [0.29, 0.717) is 9.79 Å². The van der Waals surface area contributed by atoms with Crippen LogP contribution in [0.15, 0.2) is 52.3 Å². The van der Waals surface area contributed by atoms with Crippen LogP contribution in [0, 0.1) is 20.2 Å². The summed E-state index contributed by atoms with van der Waals surface area (Å²) >= 11 is 1.13. The Kier molecular flexibility index (Phi) is 3.85. The topological polar surface area (TPSA) is 112 Å². The molecule has 0 unspecified atom stereocenters. The molecule has 7 nitrogen and oxygen atoms in total. The molecule has 2 N–H and O–H groups in total. The third kappa shape index (κ3) is 2.86. The summed E-state index contributed by atoms with van der Waals surface area (Å²) in [6, 6.07) is 10.5. The van der Waals surface area contributed by atoms with Crippen molar-refractivity contribution >= 4 is 28.8 Å². The first-order valence-corrected chi connectivity index (χ1v) is 6.26. The minimum atomic E-state index is -0.575. The SMILES string of the molecule is Nc1cc(Sc2ccccc2[N+](=O)[O-])ccc1[N+](=O)[O-]. The molecular formula is C12H9N3O4S. The van der Waals surface area contributed by atoms with Gasteiger partial charge in [-0.2, -0.15) is 0 Å². The van der Waals surface area contributed by atoms with Gasteiger partial charge in [-0.1, -0.05) is 23.9 Å². The van der Waals surface area contributed by atoms with E-state index < -0.39 is 9.85 Å². The largest absolute Gasteiger partial charge is 0.393 e. The zero-order valence-corrected chi connectivity index (χ0v) is 10.9. The molecule has 0 bridgehead atoms. The number of hydrogen-bond acceptors (Lipinski definition) is 6. The number of rotatable bonds is 4. The monoisotopic (exact) mass is 291 g/mol. The lowest BCUT2D eigenvalue weighted by molar-refractivity contribution is -0.387. The van der Waals surface area contributed by atoms with E-state index in [0.717, 1.165) is 11.8 Å². The average molecular weight is 291 g/mol. The minimum Gasteiger partial charge on any atom is -0.393 e. The second kappa shape index (κ2) is 5.57. The Morgan fingerprint density at radius 1 is 0.950 bits per heavy atom. The Balaban J connectivity index is 2.34. The number of nitro benzene ring substituents is 2. The van der Waals surface area contributed by atoms with Crippen molar-refractivity contribution in [3.8, 4) is 0 Å². The molecule has 0 saturated carbocycles. The van der Waals surface area contributed by atoms with Crippen molar-refractivity contribution in [1.82, 2.24) is 0 Å². The van der Waals surface area contributed by atoms with Crippen molar-refractivity contribution in [3.05, 3.63) is 62.7 Å². The van der Waals surface area contributed by atoms with Gasteiger partial charge in [0.25, 0.3) is 11.4 Å². The van der Waals surface area contributed by atoms with Gasteiger partial charge in [-0.05, 0) is 18.2 Å². The van der Waals surface area contributed by atoms with Gasteiger partial charge >= 0.3 is 0 Å². The molecule has 0 amide bonds. The number of nitrogens with two attached hydrogens (primary N) is 1. The van der Waals surface area contributed by atoms with Crippen LogP contribution in [0.4, 0.5) is 17.1 Å². The van der Waals surface area contributed by atoms with Crippen LogP contribution in [0.3, 0.4) is 0 Å². The van der Waals surface area contributed by atoms with E-state index in [-0.39, 0.29) is 17.1 Å². The van der Waals surface area contributed by atoms with Crippen LogP contribution in [-0.2, 0) is 0 Å². The number of nitrogens with zero attached hydrogens (tertiary/aromatic N) is 2.